The molecule has 4 heteroatoms. The minimum atomic E-state index is -0.109. The Labute approximate surface area is 156 Å². The summed E-state index contributed by atoms with van der Waals surface area (Å²) in [5, 5.41) is 9.02. The standard InChI is InChI=1S/C21H44O4/c1-6-9-16-23-17-12-19-25-21(5,8-3)14-11-18-24-20(4,7-2)13-10-15-22/h22H,6-19H2,1-5H3. The summed E-state index contributed by atoms with van der Waals surface area (Å²) < 4.78 is 17.8. The third-order valence-electron chi connectivity index (χ3n) is 5.19. The van der Waals surface area contributed by atoms with Gasteiger partial charge in [-0.05, 0) is 65.2 Å². The van der Waals surface area contributed by atoms with Gasteiger partial charge in [-0.25, -0.2) is 0 Å². The molecule has 0 aromatic carbocycles. The van der Waals surface area contributed by atoms with E-state index in [0.717, 1.165) is 77.8 Å². The highest BCUT2D eigenvalue weighted by molar-refractivity contribution is 4.76. The second-order valence-electron chi connectivity index (χ2n) is 7.55. The molecule has 0 bridgehead atoms. The predicted molar refractivity (Wildman–Crippen MR) is 105 cm³/mol. The van der Waals surface area contributed by atoms with E-state index in [-0.39, 0.29) is 17.8 Å². The van der Waals surface area contributed by atoms with Crippen LogP contribution in [0.4, 0.5) is 0 Å². The van der Waals surface area contributed by atoms with Crippen molar-refractivity contribution in [1.29, 1.82) is 0 Å². The SMILES string of the molecule is CCCCOCCCOC(C)(CC)CCCOC(C)(CC)CCCO. The lowest BCUT2D eigenvalue weighted by molar-refractivity contribution is -0.0709. The van der Waals surface area contributed by atoms with E-state index in [1.807, 2.05) is 0 Å². The van der Waals surface area contributed by atoms with Crippen molar-refractivity contribution in [3.05, 3.63) is 0 Å². The predicted octanol–water partition coefficient (Wildman–Crippen LogP) is 5.12. The smallest absolute Gasteiger partial charge is 0.0652 e. The molecule has 0 fully saturated rings. The van der Waals surface area contributed by atoms with Crippen molar-refractivity contribution in [2.24, 2.45) is 0 Å². The summed E-state index contributed by atoms with van der Waals surface area (Å²) in [6.07, 6.45) is 9.02. The van der Waals surface area contributed by atoms with Gasteiger partial charge in [0.05, 0.1) is 11.2 Å². The number of aliphatic hydroxyl groups excluding tert-OH is 1. The minimum absolute atomic E-state index is 0.0690. The molecule has 0 aromatic heterocycles. The summed E-state index contributed by atoms with van der Waals surface area (Å²) in [7, 11) is 0. The fourth-order valence-corrected chi connectivity index (χ4v) is 2.75. The first kappa shape index (κ1) is 24.8. The molecule has 0 aromatic rings. The maximum absolute atomic E-state index is 9.02. The lowest BCUT2D eigenvalue weighted by atomic mass is 9.95. The molecule has 0 aliphatic rings. The molecule has 4 nitrogen and oxygen atoms in total. The van der Waals surface area contributed by atoms with Crippen molar-refractivity contribution >= 4 is 0 Å². The van der Waals surface area contributed by atoms with Gasteiger partial charge in [0, 0.05) is 33.0 Å². The van der Waals surface area contributed by atoms with Gasteiger partial charge in [0.1, 0.15) is 0 Å². The number of rotatable bonds is 18. The third-order valence-corrected chi connectivity index (χ3v) is 5.19. The van der Waals surface area contributed by atoms with E-state index in [1.54, 1.807) is 0 Å². The zero-order chi connectivity index (χ0) is 19.0. The van der Waals surface area contributed by atoms with Crippen molar-refractivity contribution < 1.29 is 19.3 Å². The summed E-state index contributed by atoms with van der Waals surface area (Å²) in [6.45, 7) is 14.3. The Morgan fingerprint density at radius 3 is 1.72 bits per heavy atom. The fraction of sp³-hybridized carbons (Fsp3) is 1.00. The van der Waals surface area contributed by atoms with Crippen LogP contribution in [-0.4, -0.2) is 49.3 Å². The first-order valence-electron chi connectivity index (χ1n) is 10.4. The Bertz CT molecular complexity index is 298. The molecule has 152 valence electrons. The van der Waals surface area contributed by atoms with E-state index < -0.39 is 0 Å². The van der Waals surface area contributed by atoms with E-state index in [4.69, 9.17) is 19.3 Å². The van der Waals surface area contributed by atoms with Crippen LogP contribution < -0.4 is 0 Å². The second-order valence-corrected chi connectivity index (χ2v) is 7.55. The lowest BCUT2D eigenvalue weighted by Crippen LogP contribution is -2.31. The average Bonchev–Trinajstić information content (AvgIpc) is 2.63. The van der Waals surface area contributed by atoms with Crippen LogP contribution in [0.3, 0.4) is 0 Å². The summed E-state index contributed by atoms with van der Waals surface area (Å²) >= 11 is 0. The highest BCUT2D eigenvalue weighted by atomic mass is 16.5. The van der Waals surface area contributed by atoms with Crippen molar-refractivity contribution in [2.45, 2.75) is 104 Å². The zero-order valence-electron chi connectivity index (χ0n) is 17.6. The molecule has 0 aliphatic heterocycles. The van der Waals surface area contributed by atoms with E-state index in [2.05, 4.69) is 34.6 Å². The van der Waals surface area contributed by atoms with E-state index >= 15 is 0 Å². The average molecular weight is 361 g/mol. The highest BCUT2D eigenvalue weighted by Gasteiger charge is 2.25. The Morgan fingerprint density at radius 1 is 0.680 bits per heavy atom. The Hall–Kier alpha value is -0.160. The molecule has 2 atom stereocenters. The molecule has 0 rings (SSSR count). The van der Waals surface area contributed by atoms with Crippen LogP contribution in [0.1, 0.15) is 92.4 Å². The van der Waals surface area contributed by atoms with Gasteiger partial charge in [0.25, 0.3) is 0 Å². The maximum atomic E-state index is 9.02. The molecule has 0 saturated carbocycles. The number of unbranched alkanes of at least 4 members (excludes halogenated alkanes) is 1. The van der Waals surface area contributed by atoms with Gasteiger partial charge in [0.15, 0.2) is 0 Å². The van der Waals surface area contributed by atoms with E-state index in [1.165, 1.54) is 6.42 Å². The Kier molecular flexibility index (Phi) is 14.9. The van der Waals surface area contributed by atoms with Gasteiger partial charge in [-0.1, -0.05) is 27.2 Å². The molecule has 0 spiro atoms. The maximum Gasteiger partial charge on any atom is 0.0652 e. The monoisotopic (exact) mass is 360 g/mol. The quantitative estimate of drug-likeness (QED) is 0.345. The normalized spacial score (nSPS) is 16.6. The van der Waals surface area contributed by atoms with Crippen LogP contribution >= 0.6 is 0 Å². The van der Waals surface area contributed by atoms with Crippen LogP contribution in [-0.2, 0) is 14.2 Å². The first-order valence-corrected chi connectivity index (χ1v) is 10.4. The first-order chi connectivity index (χ1) is 11.9. The highest BCUT2D eigenvalue weighted by Crippen LogP contribution is 2.25. The second kappa shape index (κ2) is 15.0. The molecular weight excluding hydrogens is 316 g/mol. The van der Waals surface area contributed by atoms with Crippen LogP contribution in [0.25, 0.3) is 0 Å². The van der Waals surface area contributed by atoms with Crippen LogP contribution in [0, 0.1) is 0 Å². The molecule has 0 heterocycles. The molecular formula is C21H44O4. The molecule has 2 unspecified atom stereocenters. The largest absolute Gasteiger partial charge is 0.396 e. The fourth-order valence-electron chi connectivity index (χ4n) is 2.75. The molecule has 0 radical (unpaired) electrons. The van der Waals surface area contributed by atoms with Gasteiger partial charge in [-0.15, -0.1) is 0 Å². The van der Waals surface area contributed by atoms with Crippen molar-refractivity contribution in [3.63, 3.8) is 0 Å². The van der Waals surface area contributed by atoms with Crippen LogP contribution in [0.5, 0.6) is 0 Å². The van der Waals surface area contributed by atoms with Crippen molar-refractivity contribution in [3.8, 4) is 0 Å². The van der Waals surface area contributed by atoms with Gasteiger partial charge in [-0.2, -0.15) is 0 Å². The lowest BCUT2D eigenvalue weighted by Gasteiger charge is -2.31. The Morgan fingerprint density at radius 2 is 1.20 bits per heavy atom. The molecule has 25 heavy (non-hydrogen) atoms. The topological polar surface area (TPSA) is 47.9 Å². The molecule has 0 aliphatic carbocycles. The van der Waals surface area contributed by atoms with Crippen LogP contribution in [0.2, 0.25) is 0 Å². The Balaban J connectivity index is 3.93. The summed E-state index contributed by atoms with van der Waals surface area (Å²) in [5.41, 5.74) is -0.178. The number of hydrogen-bond acceptors (Lipinski definition) is 4. The minimum Gasteiger partial charge on any atom is -0.396 e. The van der Waals surface area contributed by atoms with Gasteiger partial charge in [0.2, 0.25) is 0 Å². The van der Waals surface area contributed by atoms with E-state index in [9.17, 15) is 0 Å². The summed E-state index contributed by atoms with van der Waals surface area (Å²) in [4.78, 5) is 0. The van der Waals surface area contributed by atoms with Gasteiger partial charge < -0.3 is 19.3 Å². The van der Waals surface area contributed by atoms with Crippen molar-refractivity contribution in [2.75, 3.05) is 33.0 Å². The van der Waals surface area contributed by atoms with Crippen LogP contribution in [0.15, 0.2) is 0 Å². The molecule has 0 saturated heterocycles. The summed E-state index contributed by atoms with van der Waals surface area (Å²) in [5.74, 6) is 0. The number of aliphatic hydroxyl groups is 1. The van der Waals surface area contributed by atoms with Gasteiger partial charge >= 0.3 is 0 Å². The van der Waals surface area contributed by atoms with Crippen molar-refractivity contribution in [1.82, 2.24) is 0 Å². The number of hydrogen-bond donors (Lipinski definition) is 1. The summed E-state index contributed by atoms with van der Waals surface area (Å²) in [6, 6.07) is 0. The zero-order valence-corrected chi connectivity index (χ0v) is 17.6. The van der Waals surface area contributed by atoms with Gasteiger partial charge in [-0.3, -0.25) is 0 Å². The van der Waals surface area contributed by atoms with E-state index in [0.29, 0.717) is 0 Å². The molecule has 1 N–H and O–H groups in total. The number of ether oxygens (including phenoxy) is 3. The third kappa shape index (κ3) is 12.8. The molecule has 0 amide bonds.